The van der Waals surface area contributed by atoms with Gasteiger partial charge in [-0.25, -0.2) is 4.79 Å². The monoisotopic (exact) mass is 288 g/mol. The van der Waals surface area contributed by atoms with Crippen LogP contribution in [0.1, 0.15) is 24.9 Å². The van der Waals surface area contributed by atoms with E-state index < -0.39 is 24.4 Å². The van der Waals surface area contributed by atoms with Gasteiger partial charge in [0.05, 0.1) is 11.9 Å². The minimum atomic E-state index is -4.26. The minimum absolute atomic E-state index is 0.292. The molecule has 0 spiro atoms. The summed E-state index contributed by atoms with van der Waals surface area (Å²) >= 11 is 0. The fraction of sp³-hybridized carbons (Fsp3) is 0.462. The average molecular weight is 288 g/mol. The molecule has 0 bridgehead atoms. The second-order valence-electron chi connectivity index (χ2n) is 4.58. The molecule has 2 rings (SSSR count). The molecule has 0 fully saturated rings. The second-order valence-corrected chi connectivity index (χ2v) is 4.58. The van der Waals surface area contributed by atoms with Crippen molar-refractivity contribution in [2.24, 2.45) is 7.05 Å². The van der Waals surface area contributed by atoms with Crippen LogP contribution in [-0.4, -0.2) is 17.3 Å². The van der Waals surface area contributed by atoms with Crippen molar-refractivity contribution < 1.29 is 17.6 Å². The van der Waals surface area contributed by atoms with Crippen molar-refractivity contribution in [2.75, 3.05) is 6.54 Å². The topological polar surface area (TPSA) is 47.2 Å². The quantitative estimate of drug-likeness (QED) is 0.941. The number of fused-ring (bicyclic) bond motifs is 1. The Labute approximate surface area is 113 Å². The van der Waals surface area contributed by atoms with Crippen molar-refractivity contribution in [1.82, 2.24) is 9.88 Å². The van der Waals surface area contributed by atoms with Crippen LogP contribution in [0, 0.1) is 0 Å². The van der Waals surface area contributed by atoms with Crippen LogP contribution in [0.5, 0.6) is 0 Å². The van der Waals surface area contributed by atoms with E-state index in [1.54, 1.807) is 26.1 Å². The fourth-order valence-electron chi connectivity index (χ4n) is 2.15. The van der Waals surface area contributed by atoms with Gasteiger partial charge in [0, 0.05) is 13.1 Å². The van der Waals surface area contributed by atoms with E-state index in [9.17, 15) is 18.0 Å². The molecular formula is C13H15F3N2O2. The SMILES string of the molecule is CCNC(CC(F)(F)F)c1ccc2c(c1)oc(=O)n2C. The van der Waals surface area contributed by atoms with E-state index in [0.717, 1.165) is 0 Å². The van der Waals surface area contributed by atoms with Crippen molar-refractivity contribution in [3.05, 3.63) is 34.3 Å². The number of alkyl halides is 3. The van der Waals surface area contributed by atoms with E-state index in [1.807, 2.05) is 0 Å². The Morgan fingerprint density at radius 1 is 1.40 bits per heavy atom. The smallest absolute Gasteiger partial charge is 0.408 e. The molecule has 0 aliphatic heterocycles. The molecule has 0 amide bonds. The van der Waals surface area contributed by atoms with Crippen LogP contribution in [0.25, 0.3) is 11.1 Å². The molecule has 1 atom stereocenters. The number of halogens is 3. The van der Waals surface area contributed by atoms with E-state index >= 15 is 0 Å². The lowest BCUT2D eigenvalue weighted by Gasteiger charge is -2.19. The van der Waals surface area contributed by atoms with Gasteiger partial charge in [0.25, 0.3) is 0 Å². The van der Waals surface area contributed by atoms with E-state index in [2.05, 4.69) is 5.32 Å². The van der Waals surface area contributed by atoms with Gasteiger partial charge in [-0.2, -0.15) is 13.2 Å². The summed E-state index contributed by atoms with van der Waals surface area (Å²) in [6.07, 6.45) is -5.23. The van der Waals surface area contributed by atoms with Gasteiger partial charge in [0.1, 0.15) is 0 Å². The number of nitrogens with zero attached hydrogens (tertiary/aromatic N) is 1. The molecule has 1 N–H and O–H groups in total. The summed E-state index contributed by atoms with van der Waals surface area (Å²) in [6.45, 7) is 2.15. The van der Waals surface area contributed by atoms with Crippen molar-refractivity contribution in [2.45, 2.75) is 25.6 Å². The summed E-state index contributed by atoms with van der Waals surface area (Å²) in [4.78, 5) is 11.4. The van der Waals surface area contributed by atoms with Gasteiger partial charge in [-0.1, -0.05) is 13.0 Å². The first-order valence-corrected chi connectivity index (χ1v) is 6.21. The maximum atomic E-state index is 12.6. The van der Waals surface area contributed by atoms with Crippen LogP contribution in [0.4, 0.5) is 13.2 Å². The number of oxazole rings is 1. The maximum Gasteiger partial charge on any atom is 0.419 e. The third-order valence-electron chi connectivity index (χ3n) is 3.10. The zero-order valence-electron chi connectivity index (χ0n) is 11.1. The lowest BCUT2D eigenvalue weighted by atomic mass is 10.0. The van der Waals surface area contributed by atoms with Gasteiger partial charge in [-0.15, -0.1) is 0 Å². The lowest BCUT2D eigenvalue weighted by molar-refractivity contribution is -0.140. The first-order valence-electron chi connectivity index (χ1n) is 6.21. The summed E-state index contributed by atoms with van der Waals surface area (Å²) in [7, 11) is 1.55. The van der Waals surface area contributed by atoms with Crippen LogP contribution < -0.4 is 11.1 Å². The molecule has 0 aliphatic rings. The number of aryl methyl sites for hydroxylation is 1. The molecule has 20 heavy (non-hydrogen) atoms. The van der Waals surface area contributed by atoms with E-state index in [-0.39, 0.29) is 0 Å². The standard InChI is InChI=1S/C13H15F3N2O2/c1-3-17-9(7-13(14,15)16)8-4-5-10-11(6-8)20-12(19)18(10)2/h4-6,9,17H,3,7H2,1-2H3. The predicted molar refractivity (Wildman–Crippen MR) is 68.5 cm³/mol. The number of nitrogens with one attached hydrogen (secondary N) is 1. The van der Waals surface area contributed by atoms with E-state index in [4.69, 9.17) is 4.42 Å². The van der Waals surface area contributed by atoms with Gasteiger partial charge >= 0.3 is 11.9 Å². The highest BCUT2D eigenvalue weighted by atomic mass is 19.4. The van der Waals surface area contributed by atoms with Gasteiger partial charge in [-0.05, 0) is 24.2 Å². The third-order valence-corrected chi connectivity index (χ3v) is 3.10. The number of hydrogen-bond donors (Lipinski definition) is 1. The van der Waals surface area contributed by atoms with E-state index in [0.29, 0.717) is 23.2 Å². The Hall–Kier alpha value is -1.76. The van der Waals surface area contributed by atoms with Crippen LogP contribution in [-0.2, 0) is 7.05 Å². The summed E-state index contributed by atoms with van der Waals surface area (Å²) in [5, 5.41) is 2.79. The van der Waals surface area contributed by atoms with Crippen LogP contribution in [0.3, 0.4) is 0 Å². The lowest BCUT2D eigenvalue weighted by Crippen LogP contribution is -2.26. The van der Waals surface area contributed by atoms with Crippen molar-refractivity contribution in [3.63, 3.8) is 0 Å². The molecular weight excluding hydrogens is 273 g/mol. The second kappa shape index (κ2) is 5.32. The van der Waals surface area contributed by atoms with E-state index in [1.165, 1.54) is 10.6 Å². The number of benzene rings is 1. The highest BCUT2D eigenvalue weighted by Gasteiger charge is 2.32. The summed E-state index contributed by atoms with van der Waals surface area (Å²) in [6, 6.07) is 3.80. The third kappa shape index (κ3) is 3.04. The largest absolute Gasteiger partial charge is 0.419 e. The molecule has 2 aromatic rings. The molecule has 7 heteroatoms. The van der Waals surface area contributed by atoms with Gasteiger partial charge in [0.15, 0.2) is 5.58 Å². The molecule has 1 heterocycles. The van der Waals surface area contributed by atoms with Crippen molar-refractivity contribution in [3.8, 4) is 0 Å². The van der Waals surface area contributed by atoms with Crippen molar-refractivity contribution in [1.29, 1.82) is 0 Å². The Balaban J connectivity index is 2.40. The Bertz CT molecular complexity index is 658. The number of rotatable bonds is 4. The number of aromatic nitrogens is 1. The summed E-state index contributed by atoms with van der Waals surface area (Å²) in [5.74, 6) is -0.534. The summed E-state index contributed by atoms with van der Waals surface area (Å²) < 4.78 is 44.0. The predicted octanol–water partition coefficient (Wildman–Crippen LogP) is 2.73. The number of hydrogen-bond acceptors (Lipinski definition) is 3. The molecule has 0 saturated carbocycles. The first-order chi connectivity index (χ1) is 9.31. The molecule has 110 valence electrons. The van der Waals surface area contributed by atoms with Crippen LogP contribution in [0.2, 0.25) is 0 Å². The average Bonchev–Trinajstić information content (AvgIpc) is 2.62. The zero-order valence-corrected chi connectivity index (χ0v) is 11.1. The van der Waals surface area contributed by atoms with Gasteiger partial charge in [0.2, 0.25) is 0 Å². The highest BCUT2D eigenvalue weighted by molar-refractivity contribution is 5.73. The highest BCUT2D eigenvalue weighted by Crippen LogP contribution is 2.30. The van der Waals surface area contributed by atoms with Gasteiger partial charge < -0.3 is 9.73 Å². The molecule has 1 aromatic heterocycles. The molecule has 1 unspecified atom stereocenters. The van der Waals surface area contributed by atoms with Crippen molar-refractivity contribution >= 4 is 11.1 Å². The molecule has 1 aromatic carbocycles. The fourth-order valence-corrected chi connectivity index (χ4v) is 2.15. The Kier molecular flexibility index (Phi) is 3.89. The van der Waals surface area contributed by atoms with Gasteiger partial charge in [-0.3, -0.25) is 4.57 Å². The minimum Gasteiger partial charge on any atom is -0.408 e. The zero-order chi connectivity index (χ0) is 14.9. The molecule has 0 saturated heterocycles. The Morgan fingerprint density at radius 2 is 2.10 bits per heavy atom. The molecule has 0 radical (unpaired) electrons. The molecule has 4 nitrogen and oxygen atoms in total. The maximum absolute atomic E-state index is 12.6. The Morgan fingerprint density at radius 3 is 2.70 bits per heavy atom. The molecule has 0 aliphatic carbocycles. The first kappa shape index (κ1) is 14.6. The van der Waals surface area contributed by atoms with Crippen LogP contribution >= 0.6 is 0 Å². The normalized spacial score (nSPS) is 13.8. The summed E-state index contributed by atoms with van der Waals surface area (Å²) in [5.41, 5.74) is 1.30. The van der Waals surface area contributed by atoms with Crippen LogP contribution in [0.15, 0.2) is 27.4 Å².